The van der Waals surface area contributed by atoms with Crippen LogP contribution >= 0.6 is 11.6 Å². The van der Waals surface area contributed by atoms with Gasteiger partial charge in [-0.25, -0.2) is 9.50 Å². The molecule has 6 rings (SSSR count). The number of hydrogen-bond acceptors (Lipinski definition) is 9. The van der Waals surface area contributed by atoms with Crippen LogP contribution in [0.1, 0.15) is 30.5 Å². The monoisotopic (exact) mass is 468 g/mol. The molecule has 1 aromatic carbocycles. The fourth-order valence-corrected chi connectivity index (χ4v) is 5.27. The molecule has 1 aliphatic carbocycles. The van der Waals surface area contributed by atoms with E-state index in [4.69, 9.17) is 28.1 Å². The van der Waals surface area contributed by atoms with Crippen LogP contribution in [0.5, 0.6) is 0 Å². The Morgan fingerprint density at radius 2 is 2.00 bits per heavy atom. The van der Waals surface area contributed by atoms with Gasteiger partial charge in [0.1, 0.15) is 0 Å². The summed E-state index contributed by atoms with van der Waals surface area (Å²) < 4.78 is 1.75. The van der Waals surface area contributed by atoms with Crippen molar-refractivity contribution in [3.05, 3.63) is 34.6 Å². The van der Waals surface area contributed by atoms with E-state index in [1.807, 2.05) is 6.07 Å². The topological polar surface area (TPSA) is 126 Å². The number of halogens is 1. The van der Waals surface area contributed by atoms with E-state index in [0.717, 1.165) is 48.6 Å². The van der Waals surface area contributed by atoms with Gasteiger partial charge in [-0.15, -0.1) is 5.10 Å². The summed E-state index contributed by atoms with van der Waals surface area (Å²) in [4.78, 5) is 14.1. The molecule has 10 nitrogen and oxygen atoms in total. The van der Waals surface area contributed by atoms with E-state index in [1.165, 1.54) is 6.42 Å². The smallest absolute Gasteiger partial charge is 0.247 e. The molecule has 4 heterocycles. The number of anilines is 4. The Labute approximate surface area is 197 Å². The third-order valence-electron chi connectivity index (χ3n) is 6.98. The number of nitrogens with zero attached hydrogens (tertiary/aromatic N) is 6. The third kappa shape index (κ3) is 3.67. The lowest BCUT2D eigenvalue weighted by Crippen LogP contribution is -2.44. The predicted octanol–water partition coefficient (Wildman–Crippen LogP) is 1.91. The summed E-state index contributed by atoms with van der Waals surface area (Å²) in [5.41, 5.74) is 16.2. The van der Waals surface area contributed by atoms with Crippen molar-refractivity contribution in [3.63, 3.8) is 0 Å². The normalized spacial score (nSPS) is 22.5. The highest BCUT2D eigenvalue weighted by Crippen LogP contribution is 2.41. The van der Waals surface area contributed by atoms with Gasteiger partial charge in [0, 0.05) is 44.3 Å². The summed E-state index contributed by atoms with van der Waals surface area (Å²) in [5, 5.41) is 12.1. The molecule has 2 saturated heterocycles. The summed E-state index contributed by atoms with van der Waals surface area (Å²) >= 11 is 6.96. The van der Waals surface area contributed by atoms with Crippen LogP contribution in [0.3, 0.4) is 0 Å². The van der Waals surface area contributed by atoms with Gasteiger partial charge in [0.05, 0.1) is 28.3 Å². The Hall–Kier alpha value is -2.66. The van der Waals surface area contributed by atoms with Gasteiger partial charge < -0.3 is 27.0 Å². The third-order valence-corrected chi connectivity index (χ3v) is 7.38. The van der Waals surface area contributed by atoms with Crippen LogP contribution in [0, 0.1) is 0 Å². The second-order valence-electron chi connectivity index (χ2n) is 9.33. The molecule has 3 aromatic rings. The molecule has 0 radical (unpaired) electrons. The molecule has 174 valence electrons. The molecule has 2 aromatic heterocycles. The second kappa shape index (κ2) is 7.98. The fraction of sp³-hybridized carbons (Fsp3) is 0.500. The number of imidazole rings is 1. The van der Waals surface area contributed by atoms with Crippen LogP contribution in [0.2, 0.25) is 5.02 Å². The second-order valence-corrected chi connectivity index (χ2v) is 9.71. The van der Waals surface area contributed by atoms with Crippen molar-refractivity contribution in [2.24, 2.45) is 11.5 Å². The van der Waals surface area contributed by atoms with Crippen LogP contribution in [0.4, 0.5) is 23.1 Å². The Morgan fingerprint density at radius 1 is 1.15 bits per heavy atom. The van der Waals surface area contributed by atoms with Gasteiger partial charge in [0.15, 0.2) is 11.5 Å². The Bertz CT molecular complexity index is 1200. The number of fused-ring (bicyclic) bond motifs is 3. The zero-order valence-corrected chi connectivity index (χ0v) is 19.4. The lowest BCUT2D eigenvalue weighted by molar-refractivity contribution is 0.292. The maximum Gasteiger partial charge on any atom is 0.247 e. The van der Waals surface area contributed by atoms with Crippen LogP contribution < -0.4 is 27.0 Å². The Balaban J connectivity index is 1.38. The van der Waals surface area contributed by atoms with E-state index >= 15 is 0 Å². The first-order valence-corrected chi connectivity index (χ1v) is 11.9. The minimum absolute atomic E-state index is 0.333. The molecule has 6 N–H and O–H groups in total. The van der Waals surface area contributed by atoms with E-state index in [-0.39, 0.29) is 0 Å². The van der Waals surface area contributed by atoms with Gasteiger partial charge in [0.25, 0.3) is 0 Å². The van der Waals surface area contributed by atoms with Gasteiger partial charge in [-0.2, -0.15) is 4.98 Å². The minimum atomic E-state index is 0.333. The number of hydrogen-bond donors (Lipinski definition) is 4. The number of rotatable bonds is 7. The van der Waals surface area contributed by atoms with Crippen LogP contribution in [0.25, 0.3) is 5.65 Å². The van der Waals surface area contributed by atoms with Gasteiger partial charge in [0.2, 0.25) is 5.95 Å². The molecular weight excluding hydrogens is 440 g/mol. The number of nitrogens with one attached hydrogen (secondary N) is 2. The molecular formula is C22H29ClN10. The quantitative estimate of drug-likeness (QED) is 0.411. The van der Waals surface area contributed by atoms with E-state index in [9.17, 15) is 0 Å². The molecule has 0 spiro atoms. The van der Waals surface area contributed by atoms with Crippen molar-refractivity contribution < 1.29 is 0 Å². The maximum absolute atomic E-state index is 6.96. The lowest BCUT2D eigenvalue weighted by Gasteiger charge is -2.34. The number of likely N-dealkylation sites (N-methyl/N-ethyl adjacent to an activating group) is 1. The molecule has 33 heavy (non-hydrogen) atoms. The van der Waals surface area contributed by atoms with Crippen molar-refractivity contribution in [3.8, 4) is 0 Å². The van der Waals surface area contributed by atoms with Crippen molar-refractivity contribution in [1.29, 1.82) is 0 Å². The minimum Gasteiger partial charge on any atom is -0.364 e. The Kier molecular flexibility index (Phi) is 5.06. The summed E-state index contributed by atoms with van der Waals surface area (Å²) in [7, 11) is 2.19. The molecule has 2 atom stereocenters. The van der Waals surface area contributed by atoms with Crippen molar-refractivity contribution in [2.45, 2.75) is 50.5 Å². The highest BCUT2D eigenvalue weighted by Gasteiger charge is 2.42. The predicted molar refractivity (Wildman–Crippen MR) is 130 cm³/mol. The van der Waals surface area contributed by atoms with E-state index < -0.39 is 0 Å². The van der Waals surface area contributed by atoms with E-state index in [2.05, 4.69) is 43.6 Å². The standard InChI is InChI=1S/C22H29ClN10/c1-31-10-15-6-14(31)11-32(15)18-5-12(7-24)4-17(19(18)23)28-22-29-20(27-13-2-3-13)21-26-9-16(8-25)33(21)30-22/h4-5,9,13-15H,2-3,6-8,10-11,24-25H2,1H3,(H2,27,28,29,30)/t14-,15-/m1/s1. The highest BCUT2D eigenvalue weighted by atomic mass is 35.5. The molecule has 11 heteroatoms. The maximum atomic E-state index is 6.96. The number of aromatic nitrogens is 4. The summed E-state index contributed by atoms with van der Waals surface area (Å²) in [5.74, 6) is 1.13. The largest absolute Gasteiger partial charge is 0.364 e. The molecule has 2 aliphatic heterocycles. The zero-order valence-electron chi connectivity index (χ0n) is 18.6. The first kappa shape index (κ1) is 20.9. The van der Waals surface area contributed by atoms with Crippen LogP contribution in [-0.2, 0) is 13.1 Å². The van der Waals surface area contributed by atoms with Gasteiger partial charge in [-0.3, -0.25) is 4.90 Å². The first-order valence-electron chi connectivity index (χ1n) is 11.5. The van der Waals surface area contributed by atoms with Crippen molar-refractivity contribution in [1.82, 2.24) is 24.5 Å². The van der Waals surface area contributed by atoms with Crippen molar-refractivity contribution >= 4 is 40.4 Å². The molecule has 0 amide bonds. The number of nitrogens with two attached hydrogens (primary N) is 2. The Morgan fingerprint density at radius 3 is 2.67 bits per heavy atom. The summed E-state index contributed by atoms with van der Waals surface area (Å²) in [6.45, 7) is 2.78. The molecule has 3 fully saturated rings. The zero-order chi connectivity index (χ0) is 22.7. The van der Waals surface area contributed by atoms with E-state index in [1.54, 1.807) is 10.7 Å². The van der Waals surface area contributed by atoms with Gasteiger partial charge in [-0.05, 0) is 44.0 Å². The molecule has 2 bridgehead atoms. The molecule has 1 saturated carbocycles. The van der Waals surface area contributed by atoms with Crippen LogP contribution in [-0.4, -0.2) is 62.7 Å². The molecule has 0 unspecified atom stereocenters. The van der Waals surface area contributed by atoms with Gasteiger partial charge >= 0.3 is 0 Å². The first-order chi connectivity index (χ1) is 16.0. The van der Waals surface area contributed by atoms with E-state index in [0.29, 0.717) is 53.7 Å². The summed E-state index contributed by atoms with van der Waals surface area (Å²) in [6, 6.07) is 5.56. The number of benzene rings is 1. The lowest BCUT2D eigenvalue weighted by atomic mass is 10.1. The average Bonchev–Trinajstić information content (AvgIpc) is 3.22. The fourth-order valence-electron chi connectivity index (χ4n) is 5.00. The number of likely N-dealkylation sites (tertiary alicyclic amines) is 1. The highest BCUT2D eigenvalue weighted by molar-refractivity contribution is 6.36. The summed E-state index contributed by atoms with van der Waals surface area (Å²) in [6.07, 6.45) is 5.17. The van der Waals surface area contributed by atoms with Crippen LogP contribution in [0.15, 0.2) is 18.3 Å². The average molecular weight is 469 g/mol. The number of piperazine rings is 1. The van der Waals surface area contributed by atoms with Gasteiger partial charge in [-0.1, -0.05) is 11.6 Å². The SMILES string of the molecule is CN1C[C@H]2C[C@@H]1CN2c1cc(CN)cc(Nc2nc(NC3CC3)c3ncc(CN)n3n2)c1Cl. The molecule has 3 aliphatic rings. The van der Waals surface area contributed by atoms with Crippen molar-refractivity contribution in [2.75, 3.05) is 35.7 Å².